The van der Waals surface area contributed by atoms with Crippen molar-refractivity contribution in [2.24, 2.45) is 17.1 Å². The van der Waals surface area contributed by atoms with Gasteiger partial charge in [-0.3, -0.25) is 4.79 Å². The fourth-order valence-electron chi connectivity index (χ4n) is 2.28. The Balaban J connectivity index is 4.50. The molecule has 3 N–H and O–H groups in total. The molecular formula is C15H32N2OS. The highest BCUT2D eigenvalue weighted by atomic mass is 32.2. The van der Waals surface area contributed by atoms with Crippen LogP contribution in [0.3, 0.4) is 0 Å². The minimum atomic E-state index is -0.0757. The van der Waals surface area contributed by atoms with Gasteiger partial charge in [0.25, 0.3) is 0 Å². The van der Waals surface area contributed by atoms with E-state index in [0.29, 0.717) is 6.54 Å². The van der Waals surface area contributed by atoms with Crippen LogP contribution in [0.5, 0.6) is 0 Å². The van der Waals surface area contributed by atoms with Crippen molar-refractivity contribution in [1.29, 1.82) is 0 Å². The first-order valence-electron chi connectivity index (χ1n) is 7.26. The molecule has 0 rings (SSSR count). The van der Waals surface area contributed by atoms with Gasteiger partial charge in [0.2, 0.25) is 5.91 Å². The minimum absolute atomic E-state index is 0.0757. The topological polar surface area (TPSA) is 55.1 Å². The third kappa shape index (κ3) is 6.66. The average molecular weight is 289 g/mol. The van der Waals surface area contributed by atoms with Gasteiger partial charge in [-0.25, -0.2) is 0 Å². The SMILES string of the molecule is CCC(CC)(CNC(=O)C(CN)CC(C)(C)C)SC. The lowest BCUT2D eigenvalue weighted by Crippen LogP contribution is -2.44. The first-order chi connectivity index (χ1) is 8.73. The molecule has 0 aliphatic rings. The Kier molecular flexibility index (Phi) is 8.06. The molecule has 0 aromatic carbocycles. The van der Waals surface area contributed by atoms with Crippen molar-refractivity contribution in [3.8, 4) is 0 Å². The maximum atomic E-state index is 12.2. The molecule has 0 aliphatic carbocycles. The van der Waals surface area contributed by atoms with Gasteiger partial charge in [-0.05, 0) is 30.9 Å². The lowest BCUT2D eigenvalue weighted by molar-refractivity contribution is -0.125. The van der Waals surface area contributed by atoms with Crippen LogP contribution in [0.1, 0.15) is 53.9 Å². The smallest absolute Gasteiger partial charge is 0.224 e. The number of hydrogen-bond donors (Lipinski definition) is 2. The van der Waals surface area contributed by atoms with E-state index in [9.17, 15) is 4.79 Å². The van der Waals surface area contributed by atoms with Crippen LogP contribution in [-0.2, 0) is 4.79 Å². The van der Waals surface area contributed by atoms with Crippen LogP contribution in [0, 0.1) is 11.3 Å². The van der Waals surface area contributed by atoms with Gasteiger partial charge in [0.05, 0.1) is 5.92 Å². The molecule has 3 nitrogen and oxygen atoms in total. The normalized spacial score (nSPS) is 14.3. The molecule has 1 amide bonds. The van der Waals surface area contributed by atoms with Crippen molar-refractivity contribution in [1.82, 2.24) is 5.32 Å². The van der Waals surface area contributed by atoms with E-state index in [-0.39, 0.29) is 22.0 Å². The van der Waals surface area contributed by atoms with Gasteiger partial charge in [0.1, 0.15) is 0 Å². The summed E-state index contributed by atoms with van der Waals surface area (Å²) in [6.07, 6.45) is 5.09. The molecule has 0 aromatic rings. The van der Waals surface area contributed by atoms with E-state index < -0.39 is 0 Å². The lowest BCUT2D eigenvalue weighted by atomic mass is 9.84. The van der Waals surface area contributed by atoms with Gasteiger partial charge in [-0.2, -0.15) is 11.8 Å². The van der Waals surface area contributed by atoms with Gasteiger partial charge >= 0.3 is 0 Å². The number of amides is 1. The molecule has 0 heterocycles. The zero-order valence-corrected chi connectivity index (χ0v) is 14.3. The molecule has 0 radical (unpaired) electrons. The van der Waals surface area contributed by atoms with Gasteiger partial charge in [0, 0.05) is 17.8 Å². The number of rotatable bonds is 8. The number of nitrogens with one attached hydrogen (secondary N) is 1. The second-order valence-corrected chi connectivity index (χ2v) is 7.78. The summed E-state index contributed by atoms with van der Waals surface area (Å²) in [6, 6.07) is 0. The number of nitrogens with two attached hydrogens (primary N) is 1. The quantitative estimate of drug-likeness (QED) is 0.722. The second-order valence-electron chi connectivity index (χ2n) is 6.51. The summed E-state index contributed by atoms with van der Waals surface area (Å²) in [5.41, 5.74) is 5.88. The molecule has 1 unspecified atom stereocenters. The summed E-state index contributed by atoms with van der Waals surface area (Å²) in [5.74, 6) is 0.0334. The molecule has 114 valence electrons. The second kappa shape index (κ2) is 8.15. The lowest BCUT2D eigenvalue weighted by Gasteiger charge is -2.31. The summed E-state index contributed by atoms with van der Waals surface area (Å²) in [6.45, 7) is 12.0. The zero-order chi connectivity index (χ0) is 15.1. The maximum absolute atomic E-state index is 12.2. The van der Waals surface area contributed by atoms with Crippen LogP contribution in [0.4, 0.5) is 0 Å². The molecule has 0 saturated carbocycles. The van der Waals surface area contributed by atoms with Crippen LogP contribution in [0.15, 0.2) is 0 Å². The highest BCUT2D eigenvalue weighted by Gasteiger charge is 2.28. The number of thioether (sulfide) groups is 1. The average Bonchev–Trinajstić information content (AvgIpc) is 2.37. The molecule has 19 heavy (non-hydrogen) atoms. The van der Waals surface area contributed by atoms with E-state index in [2.05, 4.69) is 46.2 Å². The Bertz CT molecular complexity index is 262. The first kappa shape index (κ1) is 18.8. The fourth-order valence-corrected chi connectivity index (χ4v) is 3.07. The summed E-state index contributed by atoms with van der Waals surface area (Å²) in [4.78, 5) is 12.2. The molecule has 0 spiro atoms. The van der Waals surface area contributed by atoms with Crippen LogP contribution >= 0.6 is 11.8 Å². The van der Waals surface area contributed by atoms with Crippen LogP contribution in [0.25, 0.3) is 0 Å². The number of carbonyl (C=O) groups is 1. The first-order valence-corrected chi connectivity index (χ1v) is 8.49. The molecule has 0 aromatic heterocycles. The van der Waals surface area contributed by atoms with Gasteiger partial charge in [0.15, 0.2) is 0 Å². The van der Waals surface area contributed by atoms with Gasteiger partial charge in [-0.1, -0.05) is 34.6 Å². The maximum Gasteiger partial charge on any atom is 0.224 e. The van der Waals surface area contributed by atoms with Crippen molar-refractivity contribution in [3.05, 3.63) is 0 Å². The van der Waals surface area contributed by atoms with Gasteiger partial charge in [-0.15, -0.1) is 0 Å². The molecule has 1 atom stereocenters. The van der Waals surface area contributed by atoms with E-state index in [1.54, 1.807) is 0 Å². The molecule has 0 fully saturated rings. The third-order valence-electron chi connectivity index (χ3n) is 3.82. The van der Waals surface area contributed by atoms with Crippen molar-refractivity contribution < 1.29 is 4.79 Å². The standard InChI is InChI=1S/C15H32N2OS/c1-7-15(8-2,19-6)11-17-13(18)12(10-16)9-14(3,4)5/h12H,7-11,16H2,1-6H3,(H,17,18). The Morgan fingerprint density at radius 1 is 1.26 bits per heavy atom. The van der Waals surface area contributed by atoms with E-state index >= 15 is 0 Å². The summed E-state index contributed by atoms with van der Waals surface area (Å²) >= 11 is 1.85. The Morgan fingerprint density at radius 3 is 2.11 bits per heavy atom. The summed E-state index contributed by atoms with van der Waals surface area (Å²) < 4.78 is 0.163. The molecular weight excluding hydrogens is 256 g/mol. The molecule has 0 bridgehead atoms. The van der Waals surface area contributed by atoms with Crippen LogP contribution < -0.4 is 11.1 Å². The Hall–Kier alpha value is -0.220. The van der Waals surface area contributed by atoms with Crippen LogP contribution in [-0.4, -0.2) is 30.0 Å². The van der Waals surface area contributed by atoms with Crippen molar-refractivity contribution in [3.63, 3.8) is 0 Å². The number of carbonyl (C=O) groups excluding carboxylic acids is 1. The summed E-state index contributed by atoms with van der Waals surface area (Å²) in [5, 5.41) is 3.11. The predicted molar refractivity (Wildman–Crippen MR) is 86.5 cm³/mol. The highest BCUT2D eigenvalue weighted by molar-refractivity contribution is 8.00. The van der Waals surface area contributed by atoms with Crippen molar-refractivity contribution >= 4 is 17.7 Å². The van der Waals surface area contributed by atoms with E-state index in [1.807, 2.05) is 11.8 Å². The Morgan fingerprint density at radius 2 is 1.79 bits per heavy atom. The third-order valence-corrected chi connectivity index (χ3v) is 5.41. The minimum Gasteiger partial charge on any atom is -0.354 e. The largest absolute Gasteiger partial charge is 0.354 e. The summed E-state index contributed by atoms with van der Waals surface area (Å²) in [7, 11) is 0. The van der Waals surface area contributed by atoms with Gasteiger partial charge < -0.3 is 11.1 Å². The molecule has 0 aliphatic heterocycles. The highest BCUT2D eigenvalue weighted by Crippen LogP contribution is 2.30. The zero-order valence-electron chi connectivity index (χ0n) is 13.5. The Labute approximate surface area is 123 Å². The van der Waals surface area contributed by atoms with E-state index in [0.717, 1.165) is 25.8 Å². The van der Waals surface area contributed by atoms with Crippen molar-refractivity contribution in [2.75, 3.05) is 19.3 Å². The predicted octanol–water partition coefficient (Wildman–Crippen LogP) is 3.04. The molecule has 4 heteroatoms. The monoisotopic (exact) mass is 288 g/mol. The van der Waals surface area contributed by atoms with E-state index in [1.165, 1.54) is 0 Å². The van der Waals surface area contributed by atoms with Crippen molar-refractivity contribution in [2.45, 2.75) is 58.6 Å². The van der Waals surface area contributed by atoms with Crippen LogP contribution in [0.2, 0.25) is 0 Å². The van der Waals surface area contributed by atoms with E-state index in [4.69, 9.17) is 5.73 Å². The number of hydrogen-bond acceptors (Lipinski definition) is 3. The fraction of sp³-hybridized carbons (Fsp3) is 0.933. The molecule has 0 saturated heterocycles.